The minimum atomic E-state index is -3.96. The molecule has 4 aliphatic rings. The molecule has 17 heteroatoms. The molecule has 3 fully saturated rings. The number of nitrogens with zero attached hydrogens (tertiary/aromatic N) is 1. The number of carbonyl (C=O) groups excluding carboxylic acids is 4. The lowest BCUT2D eigenvalue weighted by Gasteiger charge is -2.29. The predicted molar refractivity (Wildman–Crippen MR) is 548 cm³/mol. The van der Waals surface area contributed by atoms with Gasteiger partial charge in [-0.2, -0.15) is 13.2 Å². The van der Waals surface area contributed by atoms with Gasteiger partial charge < -0.3 is 19.7 Å². The zero-order valence-corrected chi connectivity index (χ0v) is 90.3. The van der Waals surface area contributed by atoms with E-state index in [0.29, 0.717) is 109 Å². The van der Waals surface area contributed by atoms with Crippen molar-refractivity contribution in [2.75, 3.05) is 41.0 Å². The van der Waals surface area contributed by atoms with Crippen LogP contribution in [0.2, 0.25) is 0 Å². The van der Waals surface area contributed by atoms with Crippen molar-refractivity contribution in [3.05, 3.63) is 149 Å². The van der Waals surface area contributed by atoms with Crippen LogP contribution in [0, 0.1) is 123 Å². The van der Waals surface area contributed by atoms with Crippen molar-refractivity contribution in [2.24, 2.45) is 106 Å². The second kappa shape index (κ2) is 79.0. The van der Waals surface area contributed by atoms with Crippen molar-refractivity contribution in [3.8, 4) is 5.75 Å². The first-order valence-electron chi connectivity index (χ1n) is 50.9. The highest BCUT2D eigenvalue weighted by Gasteiger charge is 2.35. The van der Waals surface area contributed by atoms with Crippen LogP contribution in [0.4, 0.5) is 39.5 Å². The lowest BCUT2D eigenvalue weighted by molar-refractivity contribution is -0.136. The molecule has 132 heavy (non-hydrogen) atoms. The molecule has 768 valence electrons. The predicted octanol–water partition coefficient (Wildman–Crippen LogP) is 35.1. The molecular weight excluding hydrogens is 1680 g/mol. The summed E-state index contributed by atoms with van der Waals surface area (Å²) in [7, 11) is 5.26. The number of methoxy groups -OCH3 is 1. The van der Waals surface area contributed by atoms with Crippen LogP contribution in [0.1, 0.15) is 391 Å². The highest BCUT2D eigenvalue weighted by Crippen LogP contribution is 2.39. The average molecular weight is 1880 g/mol. The van der Waals surface area contributed by atoms with Crippen LogP contribution in [-0.2, 0) is 49.6 Å². The molecule has 0 bridgehead atoms. The lowest BCUT2D eigenvalue weighted by atomic mass is 9.82. The number of amides is 2. The first kappa shape index (κ1) is 134. The number of hydrogen-bond donors (Lipinski definition) is 1. The van der Waals surface area contributed by atoms with Gasteiger partial charge in [-0.1, -0.05) is 294 Å². The van der Waals surface area contributed by atoms with Crippen molar-refractivity contribution in [1.29, 1.82) is 0 Å². The van der Waals surface area contributed by atoms with Crippen LogP contribution in [0.5, 0.6) is 5.75 Å². The molecule has 1 unspecified atom stereocenters. The van der Waals surface area contributed by atoms with Gasteiger partial charge in [0.2, 0.25) is 17.7 Å². The first-order valence-corrected chi connectivity index (χ1v) is 50.9. The van der Waals surface area contributed by atoms with Gasteiger partial charge in [0.1, 0.15) is 34.8 Å². The number of carbonyl (C=O) groups is 4. The minimum Gasteiger partial charge on any atom is -0.497 e. The molecule has 4 aromatic rings. The standard InChI is InChI=1S/C11H16O.C10H18F2.C10H17F.3C10H13F.2C9H18O.C8H14O.C7H13F3.2C7H15NO.C7H16/c1-9(2)8-10-4-6-11(12-3)7-5-10;1-8(2)7-9-3-5-10(11,12)6-4-9;2*1-8(2)7-9-3-5-10(11)6-4-9;1-8(2)6-9-4-3-5-10(11)7-9;1-8(2)7-9-5-3-4-6-10(9)11;1-8(2)7-9-3-5-10-6-4-9;1-7(2)6-8(10)9(3,4)5;1-6(2)5-8(9)7-3-4-7;1-6(2)4-3-5-7(8,9)10;1-6(2)5-7(9)8(3)4;1-4-8-7(9)5-6(2)3;1-4-5-6-7(2)3/h4-7,9H,8H2,1-3H3;8-9H,3-7H2,1-2H3;5,8-9H,3-4,6-7H2,1-2H3;3-6,8H,7H2,1-2H3;3-5,7-8H,6H2,1-2H3;3-6,8H,7H2,1-2H3;8-9H,3-7H2,1-2H3;7H,6H2,1-5H3;6-7H,3-5H2,1-2H3;6H,3-5H2,1-2H3;6H,5H2,1-4H3;6H,4-5H2,1-3H3,(H,8,9);7H,4-6H2,1-3H3. The molecule has 4 aromatic carbocycles. The molecule has 0 radical (unpaired) electrons. The number of Topliss-reactive ketones (excluding diaryl/α,β-unsaturated/α-hetero) is 2. The van der Waals surface area contributed by atoms with Gasteiger partial charge in [-0.3, -0.25) is 19.2 Å². The van der Waals surface area contributed by atoms with Crippen molar-refractivity contribution >= 4 is 23.4 Å². The van der Waals surface area contributed by atoms with Crippen molar-refractivity contribution < 1.29 is 68.2 Å². The summed E-state index contributed by atoms with van der Waals surface area (Å²) in [6, 6.07) is 28.7. The van der Waals surface area contributed by atoms with E-state index in [9.17, 15) is 58.7 Å². The Morgan fingerprint density at radius 3 is 1.26 bits per heavy atom. The summed E-state index contributed by atoms with van der Waals surface area (Å²) in [6.45, 7) is 68.3. The third-order valence-corrected chi connectivity index (χ3v) is 21.0. The third-order valence-electron chi connectivity index (χ3n) is 21.0. The molecule has 1 aliphatic heterocycles. The number of alkyl halides is 5. The summed E-state index contributed by atoms with van der Waals surface area (Å²) in [5, 5.41) is 2.74. The highest BCUT2D eigenvalue weighted by atomic mass is 19.4. The highest BCUT2D eigenvalue weighted by molar-refractivity contribution is 5.84. The zero-order valence-electron chi connectivity index (χ0n) is 90.3. The number of nitrogens with one attached hydrogen (secondary N) is 1. The van der Waals surface area contributed by atoms with E-state index in [1.54, 1.807) is 50.4 Å². The summed E-state index contributed by atoms with van der Waals surface area (Å²) in [4.78, 5) is 45.5. The Hall–Kier alpha value is -5.97. The number of unbranched alkanes of at least 4 members (excludes halogenated alkanes) is 1. The molecule has 8 nitrogen and oxygen atoms in total. The topological polar surface area (TPSA) is 102 Å². The van der Waals surface area contributed by atoms with E-state index in [0.717, 1.165) is 149 Å². The second-order valence-electron chi connectivity index (χ2n) is 43.6. The Bertz CT molecular complexity index is 3400. The Morgan fingerprint density at radius 2 is 0.909 bits per heavy atom. The number of allylic oxidation sites excluding steroid dienone is 2. The average Bonchev–Trinajstić information content (AvgIpc) is 1.88. The molecule has 2 saturated carbocycles. The van der Waals surface area contributed by atoms with Gasteiger partial charge in [0.25, 0.3) is 0 Å². The largest absolute Gasteiger partial charge is 0.497 e. The molecule has 0 spiro atoms. The van der Waals surface area contributed by atoms with Crippen LogP contribution < -0.4 is 10.1 Å². The number of benzene rings is 4. The zero-order chi connectivity index (χ0) is 102. The quantitative estimate of drug-likeness (QED) is 0.0504. The van der Waals surface area contributed by atoms with Gasteiger partial charge in [-0.05, 0) is 275 Å². The molecule has 1 atom stereocenters. The van der Waals surface area contributed by atoms with Gasteiger partial charge in [0, 0.05) is 90.1 Å². The molecule has 2 amide bonds. The van der Waals surface area contributed by atoms with E-state index in [2.05, 4.69) is 163 Å². The number of halogens is 9. The Kier molecular flexibility index (Phi) is 80.5. The summed E-state index contributed by atoms with van der Waals surface area (Å²) < 4.78 is 121. The van der Waals surface area contributed by atoms with E-state index >= 15 is 0 Å². The monoisotopic (exact) mass is 1880 g/mol. The summed E-state index contributed by atoms with van der Waals surface area (Å²) >= 11 is 0. The van der Waals surface area contributed by atoms with Crippen LogP contribution in [0.15, 0.2) is 109 Å². The van der Waals surface area contributed by atoms with E-state index in [4.69, 9.17) is 9.47 Å². The van der Waals surface area contributed by atoms with E-state index < -0.39 is 18.5 Å². The van der Waals surface area contributed by atoms with Gasteiger partial charge in [-0.15, -0.1) is 0 Å². The van der Waals surface area contributed by atoms with Gasteiger partial charge in [-0.25, -0.2) is 26.3 Å². The summed E-state index contributed by atoms with van der Waals surface area (Å²) in [5.41, 5.74) is 4.35. The van der Waals surface area contributed by atoms with Gasteiger partial charge in [0.05, 0.1) is 12.9 Å². The third kappa shape index (κ3) is 93.1. The maximum absolute atomic E-state index is 12.9. The molecule has 1 N–H and O–H groups in total. The fourth-order valence-corrected chi connectivity index (χ4v) is 14.1. The Labute approximate surface area is 805 Å². The summed E-state index contributed by atoms with van der Waals surface area (Å²) in [6.07, 6.45) is 22.1. The Balaban J connectivity index is -0.000000442. The lowest BCUT2D eigenvalue weighted by Crippen LogP contribution is -2.25. The van der Waals surface area contributed by atoms with Crippen molar-refractivity contribution in [2.45, 2.75) is 407 Å². The smallest absolute Gasteiger partial charge is 0.389 e. The van der Waals surface area contributed by atoms with Gasteiger partial charge >= 0.3 is 6.18 Å². The second-order valence-corrected chi connectivity index (χ2v) is 43.6. The minimum absolute atomic E-state index is 0.0822. The summed E-state index contributed by atoms with van der Waals surface area (Å²) in [5.74, 6) is 10.3. The molecule has 1 heterocycles. The fraction of sp³-hybridized carbons (Fsp3) is 0.739. The number of rotatable bonds is 31. The number of hydrogen-bond acceptors (Lipinski definition) is 6. The molecular formula is C115H199F9N2O6. The van der Waals surface area contributed by atoms with Crippen LogP contribution in [0.25, 0.3) is 0 Å². The fourth-order valence-electron chi connectivity index (χ4n) is 14.1. The molecule has 8 rings (SSSR count). The van der Waals surface area contributed by atoms with E-state index in [-0.39, 0.29) is 59.8 Å². The molecule has 1 saturated heterocycles. The van der Waals surface area contributed by atoms with Gasteiger partial charge in [0.15, 0.2) is 0 Å². The molecule has 0 aromatic heterocycles. The first-order chi connectivity index (χ1) is 61.2. The SMILES string of the molecule is CC(C)CC(=O)C(C)(C)C.CC(C)CC(=O)C1CC1.CC(C)CC(=O)N(C)C.CC(C)CC1CC=C(F)CC1.CC(C)CC1CCC(F)(F)CC1.CC(C)CC1CCOCC1.CC(C)CCCC(F)(F)F.CC(C)Cc1ccc(F)cc1.CC(C)Cc1cccc(F)c1.CC(C)Cc1ccccc1F.CCCCC(C)C.CCNC(=O)CC(C)C.COc1ccc(CC(C)C)cc1. The maximum Gasteiger partial charge on any atom is 0.389 e. The molecule has 3 aliphatic carbocycles. The number of ether oxygens (including phenoxy) is 2. The van der Waals surface area contributed by atoms with E-state index in [1.165, 1.54) is 80.3 Å². The van der Waals surface area contributed by atoms with Crippen LogP contribution >= 0.6 is 0 Å². The normalized spacial score (nSPS) is 14.6. The maximum atomic E-state index is 12.9. The van der Waals surface area contributed by atoms with Crippen molar-refractivity contribution in [1.82, 2.24) is 10.2 Å². The van der Waals surface area contributed by atoms with Crippen LogP contribution in [-0.4, -0.2) is 81.3 Å². The van der Waals surface area contributed by atoms with E-state index in [1.807, 2.05) is 112 Å². The van der Waals surface area contributed by atoms with Crippen LogP contribution in [0.3, 0.4) is 0 Å². The number of ketones is 2. The Morgan fingerprint density at radius 1 is 0.470 bits per heavy atom. The van der Waals surface area contributed by atoms with Crippen molar-refractivity contribution in [3.63, 3.8) is 0 Å².